The Hall–Kier alpha value is -3.05. The second-order valence-corrected chi connectivity index (χ2v) is 9.56. The van der Waals surface area contributed by atoms with E-state index in [2.05, 4.69) is 12.2 Å². The first kappa shape index (κ1) is 25.1. The van der Waals surface area contributed by atoms with E-state index in [0.29, 0.717) is 42.2 Å². The summed E-state index contributed by atoms with van der Waals surface area (Å²) in [7, 11) is 0. The minimum absolute atomic E-state index is 0.0447. The molecule has 0 saturated carbocycles. The molecule has 2 aromatic rings. The lowest BCUT2D eigenvalue weighted by Crippen LogP contribution is -2.36. The Balaban J connectivity index is 1.73. The number of ketones is 1. The topological polar surface area (TPSA) is 64.6 Å². The van der Waals surface area contributed by atoms with Gasteiger partial charge in [0.25, 0.3) is 0 Å². The van der Waals surface area contributed by atoms with Gasteiger partial charge in [0.15, 0.2) is 5.78 Å². The molecule has 1 heterocycles. The maximum atomic E-state index is 13.6. The molecule has 0 spiro atoms. The van der Waals surface area contributed by atoms with Crippen LogP contribution in [0, 0.1) is 0 Å². The van der Waals surface area contributed by atoms with Crippen molar-refractivity contribution >= 4 is 23.4 Å². The average Bonchev–Trinajstić information content (AvgIpc) is 2.85. The van der Waals surface area contributed by atoms with Crippen molar-refractivity contribution in [3.05, 3.63) is 87.2 Å². The molecule has 2 aliphatic rings. The van der Waals surface area contributed by atoms with Crippen molar-refractivity contribution in [2.75, 3.05) is 13.2 Å². The van der Waals surface area contributed by atoms with Crippen LogP contribution in [0.1, 0.15) is 69.4 Å². The average molecular weight is 494 g/mol. The fourth-order valence-electron chi connectivity index (χ4n) is 4.86. The van der Waals surface area contributed by atoms with Gasteiger partial charge in [0.05, 0.1) is 18.8 Å². The Morgan fingerprint density at radius 2 is 1.63 bits per heavy atom. The van der Waals surface area contributed by atoms with E-state index in [1.54, 1.807) is 0 Å². The summed E-state index contributed by atoms with van der Waals surface area (Å²) >= 11 is 6.07. The number of benzene rings is 2. The standard InChI is InChI=1S/C29H32ClNO4/c1-4-14-34-23-12-8-20(9-13-23)27-26(29(33)35-15-5-2)18(3)31-24-16-21(17-25(32)28(24)27)19-6-10-22(30)11-7-19/h6-13,21,27,31H,4-5,14-17H2,1-3H3/t21-,27+/m0/s1. The van der Waals surface area contributed by atoms with Gasteiger partial charge in [-0.1, -0.05) is 49.7 Å². The van der Waals surface area contributed by atoms with Crippen LogP contribution in [-0.4, -0.2) is 25.0 Å². The Kier molecular flexibility index (Phi) is 7.97. The third-order valence-electron chi connectivity index (χ3n) is 6.51. The zero-order valence-electron chi connectivity index (χ0n) is 20.5. The SMILES string of the molecule is CCCOC(=O)C1=C(C)NC2=C(C(=O)C[C@@H](c3ccc(Cl)cc3)C2)[C@@H]1c1ccc(OCCC)cc1. The van der Waals surface area contributed by atoms with Gasteiger partial charge >= 0.3 is 5.97 Å². The number of hydrogen-bond donors (Lipinski definition) is 1. The van der Waals surface area contributed by atoms with Crippen LogP contribution in [0.2, 0.25) is 5.02 Å². The van der Waals surface area contributed by atoms with Crippen molar-refractivity contribution in [2.45, 2.75) is 58.3 Å². The predicted octanol–water partition coefficient (Wildman–Crippen LogP) is 6.44. The van der Waals surface area contributed by atoms with Gasteiger partial charge in [-0.3, -0.25) is 4.79 Å². The second kappa shape index (κ2) is 11.1. The lowest BCUT2D eigenvalue weighted by atomic mass is 9.71. The minimum atomic E-state index is -0.477. The molecule has 0 bridgehead atoms. The molecular weight excluding hydrogens is 462 g/mol. The highest BCUT2D eigenvalue weighted by Gasteiger charge is 2.41. The normalized spacial score (nSPS) is 19.8. The molecule has 1 aliphatic heterocycles. The van der Waals surface area contributed by atoms with Gasteiger partial charge in [0.1, 0.15) is 5.75 Å². The summed E-state index contributed by atoms with van der Waals surface area (Å²) in [6.45, 7) is 6.88. The summed E-state index contributed by atoms with van der Waals surface area (Å²) in [6, 6.07) is 15.4. The van der Waals surface area contributed by atoms with E-state index < -0.39 is 5.92 Å². The number of carbonyl (C=O) groups is 2. The molecule has 184 valence electrons. The van der Waals surface area contributed by atoms with Gasteiger partial charge in [-0.2, -0.15) is 0 Å². The third kappa shape index (κ3) is 5.46. The van der Waals surface area contributed by atoms with Crippen molar-refractivity contribution in [2.24, 2.45) is 0 Å². The summed E-state index contributed by atoms with van der Waals surface area (Å²) < 4.78 is 11.3. The van der Waals surface area contributed by atoms with Gasteiger partial charge in [-0.05, 0) is 67.5 Å². The smallest absolute Gasteiger partial charge is 0.336 e. The van der Waals surface area contributed by atoms with Crippen molar-refractivity contribution in [3.8, 4) is 5.75 Å². The van der Waals surface area contributed by atoms with Gasteiger partial charge in [0, 0.05) is 34.3 Å². The fraction of sp³-hybridized carbons (Fsp3) is 0.379. The predicted molar refractivity (Wildman–Crippen MR) is 138 cm³/mol. The number of halogens is 1. The van der Waals surface area contributed by atoms with Crippen LogP contribution in [0.3, 0.4) is 0 Å². The second-order valence-electron chi connectivity index (χ2n) is 9.12. The molecule has 5 nitrogen and oxygen atoms in total. The van der Waals surface area contributed by atoms with E-state index in [-0.39, 0.29) is 17.7 Å². The molecule has 4 rings (SSSR count). The molecule has 2 aromatic carbocycles. The molecule has 0 saturated heterocycles. The van der Waals surface area contributed by atoms with Crippen LogP contribution in [0.5, 0.6) is 5.75 Å². The largest absolute Gasteiger partial charge is 0.494 e. The molecule has 6 heteroatoms. The van der Waals surface area contributed by atoms with Crippen LogP contribution in [0.15, 0.2) is 71.1 Å². The zero-order chi connectivity index (χ0) is 24.9. The number of rotatable bonds is 8. The molecular formula is C29H32ClNO4. The summed E-state index contributed by atoms with van der Waals surface area (Å²) in [5.74, 6) is 0.00957. The number of dihydropyridines is 1. The summed E-state index contributed by atoms with van der Waals surface area (Å²) in [5.41, 5.74) is 4.72. The number of carbonyl (C=O) groups excluding carboxylic acids is 2. The van der Waals surface area contributed by atoms with E-state index in [9.17, 15) is 9.59 Å². The number of nitrogens with one attached hydrogen (secondary N) is 1. The van der Waals surface area contributed by atoms with Crippen molar-refractivity contribution < 1.29 is 19.1 Å². The third-order valence-corrected chi connectivity index (χ3v) is 6.76. The van der Waals surface area contributed by atoms with Crippen molar-refractivity contribution in [3.63, 3.8) is 0 Å². The summed E-state index contributed by atoms with van der Waals surface area (Å²) in [5, 5.41) is 4.07. The van der Waals surface area contributed by atoms with Crippen LogP contribution in [0.4, 0.5) is 0 Å². The van der Waals surface area contributed by atoms with Crippen LogP contribution in [0.25, 0.3) is 0 Å². The van der Waals surface area contributed by atoms with Gasteiger partial charge < -0.3 is 14.8 Å². The molecule has 1 N–H and O–H groups in total. The maximum absolute atomic E-state index is 13.6. The molecule has 2 atom stereocenters. The number of Topliss-reactive ketones (excluding diaryl/α,β-unsaturated/α-hetero) is 1. The maximum Gasteiger partial charge on any atom is 0.336 e. The highest BCUT2D eigenvalue weighted by Crippen LogP contribution is 2.46. The zero-order valence-corrected chi connectivity index (χ0v) is 21.3. The van der Waals surface area contributed by atoms with Gasteiger partial charge in [-0.15, -0.1) is 0 Å². The lowest BCUT2D eigenvalue weighted by molar-refractivity contribution is -0.139. The first-order chi connectivity index (χ1) is 16.9. The Morgan fingerprint density at radius 3 is 2.29 bits per heavy atom. The highest BCUT2D eigenvalue weighted by atomic mass is 35.5. The van der Waals surface area contributed by atoms with Crippen molar-refractivity contribution in [1.82, 2.24) is 5.32 Å². The molecule has 0 radical (unpaired) electrons. The Morgan fingerprint density at radius 1 is 0.971 bits per heavy atom. The van der Waals surface area contributed by atoms with E-state index in [0.717, 1.165) is 41.1 Å². The number of hydrogen-bond acceptors (Lipinski definition) is 5. The first-order valence-electron chi connectivity index (χ1n) is 12.3. The van der Waals surface area contributed by atoms with Crippen molar-refractivity contribution in [1.29, 1.82) is 0 Å². The number of ether oxygens (including phenoxy) is 2. The van der Waals surface area contributed by atoms with E-state index in [1.807, 2.05) is 62.4 Å². The van der Waals surface area contributed by atoms with E-state index in [4.69, 9.17) is 21.1 Å². The molecule has 35 heavy (non-hydrogen) atoms. The van der Waals surface area contributed by atoms with Gasteiger partial charge in [0.2, 0.25) is 0 Å². The number of esters is 1. The highest BCUT2D eigenvalue weighted by molar-refractivity contribution is 6.30. The molecule has 1 aliphatic carbocycles. The summed E-state index contributed by atoms with van der Waals surface area (Å²) in [4.78, 5) is 26.8. The van der Waals surface area contributed by atoms with Crippen LogP contribution >= 0.6 is 11.6 Å². The number of allylic oxidation sites excluding steroid dienone is 3. The Bertz CT molecular complexity index is 1150. The fourth-order valence-corrected chi connectivity index (χ4v) is 4.99. The quantitative estimate of drug-likeness (QED) is 0.428. The summed E-state index contributed by atoms with van der Waals surface area (Å²) in [6.07, 6.45) is 2.72. The monoisotopic (exact) mass is 493 g/mol. The van der Waals surface area contributed by atoms with E-state index >= 15 is 0 Å². The van der Waals surface area contributed by atoms with E-state index in [1.165, 1.54) is 0 Å². The van der Waals surface area contributed by atoms with Crippen LogP contribution < -0.4 is 10.1 Å². The molecule has 0 unspecified atom stereocenters. The molecule has 0 fully saturated rings. The van der Waals surface area contributed by atoms with Gasteiger partial charge in [-0.25, -0.2) is 4.79 Å². The van der Waals surface area contributed by atoms with Crippen LogP contribution in [-0.2, 0) is 14.3 Å². The first-order valence-corrected chi connectivity index (χ1v) is 12.7. The Labute approximate surface area is 212 Å². The molecule has 0 amide bonds. The lowest BCUT2D eigenvalue weighted by Gasteiger charge is -2.36. The minimum Gasteiger partial charge on any atom is -0.494 e. The molecule has 0 aromatic heterocycles.